The first-order valence-electron chi connectivity index (χ1n) is 6.32. The summed E-state index contributed by atoms with van der Waals surface area (Å²) in [5.41, 5.74) is 0.421. The van der Waals surface area contributed by atoms with Crippen LogP contribution >= 0.6 is 0 Å². The first kappa shape index (κ1) is 14.0. The second-order valence-electron chi connectivity index (χ2n) is 4.89. The van der Waals surface area contributed by atoms with Crippen molar-refractivity contribution < 1.29 is 14.8 Å². The number of carbonyl (C=O) groups is 1. The van der Waals surface area contributed by atoms with Gasteiger partial charge in [0.1, 0.15) is 11.9 Å². The van der Waals surface area contributed by atoms with E-state index in [0.29, 0.717) is 18.8 Å². The van der Waals surface area contributed by atoms with Crippen molar-refractivity contribution >= 4 is 17.5 Å². The smallest absolute Gasteiger partial charge is 0.404 e. The van der Waals surface area contributed by atoms with Gasteiger partial charge in [-0.15, -0.1) is 0 Å². The highest BCUT2D eigenvalue weighted by atomic mass is 16.6. The van der Waals surface area contributed by atoms with E-state index in [1.165, 1.54) is 12.4 Å². The van der Waals surface area contributed by atoms with E-state index in [2.05, 4.69) is 10.3 Å². The Balaban J connectivity index is 2.21. The lowest BCUT2D eigenvalue weighted by atomic mass is 9.93. The molecule has 0 radical (unpaired) electrons. The zero-order valence-corrected chi connectivity index (χ0v) is 11.0. The van der Waals surface area contributed by atoms with Gasteiger partial charge in [0.2, 0.25) is 0 Å². The summed E-state index contributed by atoms with van der Waals surface area (Å²) in [6.07, 6.45) is 2.41. The maximum atomic E-state index is 11.0. The fourth-order valence-corrected chi connectivity index (χ4v) is 2.42. The van der Waals surface area contributed by atoms with Gasteiger partial charge >= 0.3 is 11.8 Å². The van der Waals surface area contributed by atoms with Crippen LogP contribution in [0.2, 0.25) is 0 Å². The number of rotatable bonds is 3. The van der Waals surface area contributed by atoms with Gasteiger partial charge in [-0.25, -0.2) is 4.79 Å². The van der Waals surface area contributed by atoms with Gasteiger partial charge in [0.05, 0.1) is 11.0 Å². The van der Waals surface area contributed by atoms with Crippen molar-refractivity contribution in [1.29, 1.82) is 0 Å². The molecule has 2 heterocycles. The number of pyridine rings is 1. The molecule has 0 aromatic carbocycles. The molecule has 8 heteroatoms. The van der Waals surface area contributed by atoms with Crippen LogP contribution in [0.5, 0.6) is 0 Å². The molecule has 1 aliphatic rings. The number of anilines is 1. The number of aromatic nitrogens is 1. The number of amides is 1. The largest absolute Gasteiger partial charge is 0.465 e. The topological polar surface area (TPSA) is 109 Å². The number of hydrogen-bond donors (Lipinski definition) is 2. The molecule has 0 bridgehead atoms. The zero-order valence-electron chi connectivity index (χ0n) is 11.0. The van der Waals surface area contributed by atoms with Crippen molar-refractivity contribution in [1.82, 2.24) is 10.3 Å². The molecule has 0 saturated carbocycles. The highest BCUT2D eigenvalue weighted by Crippen LogP contribution is 2.30. The molecule has 2 unspecified atom stereocenters. The molecule has 108 valence electrons. The lowest BCUT2D eigenvalue weighted by Crippen LogP contribution is -2.51. The van der Waals surface area contributed by atoms with Gasteiger partial charge in [-0.3, -0.25) is 15.1 Å². The lowest BCUT2D eigenvalue weighted by Gasteiger charge is -2.37. The highest BCUT2D eigenvalue weighted by Gasteiger charge is 2.30. The van der Waals surface area contributed by atoms with Gasteiger partial charge in [0.25, 0.3) is 0 Å². The molecule has 8 nitrogen and oxygen atoms in total. The fraction of sp³-hybridized carbons (Fsp3) is 0.500. The highest BCUT2D eigenvalue weighted by molar-refractivity contribution is 5.66. The van der Waals surface area contributed by atoms with E-state index < -0.39 is 11.0 Å². The van der Waals surface area contributed by atoms with Gasteiger partial charge in [0, 0.05) is 19.3 Å². The van der Waals surface area contributed by atoms with Crippen LogP contribution < -0.4 is 10.2 Å². The number of carboxylic acid groups (broad SMARTS) is 1. The van der Waals surface area contributed by atoms with E-state index in [-0.39, 0.29) is 17.6 Å². The Labute approximate surface area is 115 Å². The Bertz CT molecular complexity index is 522. The van der Waals surface area contributed by atoms with Gasteiger partial charge < -0.3 is 15.3 Å². The zero-order chi connectivity index (χ0) is 14.7. The Kier molecular flexibility index (Phi) is 4.02. The van der Waals surface area contributed by atoms with Crippen LogP contribution in [0.1, 0.15) is 13.3 Å². The number of nitrogens with zero attached hydrogens (tertiary/aromatic N) is 3. The average molecular weight is 280 g/mol. The third kappa shape index (κ3) is 2.95. The van der Waals surface area contributed by atoms with Crippen LogP contribution in [-0.2, 0) is 0 Å². The number of hydrogen-bond acceptors (Lipinski definition) is 5. The summed E-state index contributed by atoms with van der Waals surface area (Å²) < 4.78 is 0. The predicted molar refractivity (Wildman–Crippen MR) is 71.8 cm³/mol. The van der Waals surface area contributed by atoms with Crippen LogP contribution in [0, 0.1) is 16.0 Å². The van der Waals surface area contributed by atoms with E-state index >= 15 is 0 Å². The Morgan fingerprint density at radius 2 is 2.40 bits per heavy atom. The molecule has 1 fully saturated rings. The summed E-state index contributed by atoms with van der Waals surface area (Å²) in [6, 6.07) is 1.35. The molecule has 20 heavy (non-hydrogen) atoms. The maximum Gasteiger partial charge on any atom is 0.404 e. The van der Waals surface area contributed by atoms with Crippen LogP contribution in [0.3, 0.4) is 0 Å². The second-order valence-corrected chi connectivity index (χ2v) is 4.89. The maximum absolute atomic E-state index is 11.0. The lowest BCUT2D eigenvalue weighted by molar-refractivity contribution is -0.384. The van der Waals surface area contributed by atoms with Crippen LogP contribution in [0.25, 0.3) is 0 Å². The Morgan fingerprint density at radius 1 is 1.65 bits per heavy atom. The van der Waals surface area contributed by atoms with E-state index in [4.69, 9.17) is 5.11 Å². The molecule has 2 N–H and O–H groups in total. The van der Waals surface area contributed by atoms with E-state index in [9.17, 15) is 14.9 Å². The third-order valence-electron chi connectivity index (χ3n) is 3.58. The summed E-state index contributed by atoms with van der Waals surface area (Å²) in [5, 5.41) is 22.3. The van der Waals surface area contributed by atoms with Crippen molar-refractivity contribution in [2.75, 3.05) is 18.0 Å². The number of piperidine rings is 1. The minimum Gasteiger partial charge on any atom is -0.465 e. The first-order chi connectivity index (χ1) is 9.49. The summed E-state index contributed by atoms with van der Waals surface area (Å²) in [4.78, 5) is 26.9. The predicted octanol–water partition coefficient (Wildman–Crippen LogP) is 1.47. The van der Waals surface area contributed by atoms with Crippen LogP contribution in [-0.4, -0.2) is 40.2 Å². The minimum absolute atomic E-state index is 0.0591. The third-order valence-corrected chi connectivity index (χ3v) is 3.58. The van der Waals surface area contributed by atoms with Crippen molar-refractivity contribution in [3.05, 3.63) is 28.6 Å². The van der Waals surface area contributed by atoms with E-state index in [1.54, 1.807) is 6.07 Å². The molecule has 2 atom stereocenters. The molecule has 0 spiro atoms. The molecule has 1 amide bonds. The standard InChI is InChI=1S/C12H16N4O4/c1-8-3-5-15(7-9(8)14-12(17)18)10-2-4-13-6-11(10)16(19)20/h2,4,6,8-9,14H,3,5,7H2,1H3,(H,17,18). The quantitative estimate of drug-likeness (QED) is 0.641. The monoisotopic (exact) mass is 280 g/mol. The SMILES string of the molecule is CC1CCN(c2ccncc2[N+](=O)[O-])CC1NC(=O)O. The fourth-order valence-electron chi connectivity index (χ4n) is 2.42. The molecular weight excluding hydrogens is 264 g/mol. The van der Waals surface area contributed by atoms with Gasteiger partial charge in [-0.05, 0) is 18.4 Å². The van der Waals surface area contributed by atoms with Gasteiger partial charge in [-0.1, -0.05) is 6.92 Å². The average Bonchev–Trinajstić information content (AvgIpc) is 2.40. The summed E-state index contributed by atoms with van der Waals surface area (Å²) in [6.45, 7) is 3.04. The van der Waals surface area contributed by atoms with Gasteiger partial charge in [-0.2, -0.15) is 0 Å². The molecule has 1 saturated heterocycles. The number of nitrogens with one attached hydrogen (secondary N) is 1. The normalized spacial score (nSPS) is 22.4. The summed E-state index contributed by atoms with van der Waals surface area (Å²) in [7, 11) is 0. The molecule has 0 aliphatic carbocycles. The summed E-state index contributed by atoms with van der Waals surface area (Å²) >= 11 is 0. The first-order valence-corrected chi connectivity index (χ1v) is 6.32. The van der Waals surface area contributed by atoms with Crippen molar-refractivity contribution in [2.24, 2.45) is 5.92 Å². The van der Waals surface area contributed by atoms with E-state index in [1.807, 2.05) is 11.8 Å². The molecule has 1 aromatic rings. The molecule has 2 rings (SSSR count). The molecule has 1 aliphatic heterocycles. The van der Waals surface area contributed by atoms with Crippen molar-refractivity contribution in [2.45, 2.75) is 19.4 Å². The van der Waals surface area contributed by atoms with Crippen molar-refractivity contribution in [3.8, 4) is 0 Å². The Hall–Kier alpha value is -2.38. The number of nitro groups is 1. The van der Waals surface area contributed by atoms with E-state index in [0.717, 1.165) is 6.42 Å². The Morgan fingerprint density at radius 3 is 3.05 bits per heavy atom. The minimum atomic E-state index is -1.08. The second kappa shape index (κ2) is 5.72. The van der Waals surface area contributed by atoms with Crippen LogP contribution in [0.15, 0.2) is 18.5 Å². The molecular formula is C12H16N4O4. The van der Waals surface area contributed by atoms with Crippen LogP contribution in [0.4, 0.5) is 16.2 Å². The van der Waals surface area contributed by atoms with Gasteiger partial charge in [0.15, 0.2) is 0 Å². The summed E-state index contributed by atoms with van der Waals surface area (Å²) in [5.74, 6) is 0.197. The van der Waals surface area contributed by atoms with Crippen molar-refractivity contribution in [3.63, 3.8) is 0 Å². The molecule has 1 aromatic heterocycles.